The number of aromatic nitrogens is 2. The summed E-state index contributed by atoms with van der Waals surface area (Å²) in [6, 6.07) is -0.714. The Hall–Kier alpha value is -2.58. The zero-order chi connectivity index (χ0) is 15.0. The van der Waals surface area contributed by atoms with Gasteiger partial charge in [0.2, 0.25) is 0 Å². The Bertz CT molecular complexity index is 443. The van der Waals surface area contributed by atoms with E-state index in [1.54, 1.807) is 12.4 Å². The third-order valence-electron chi connectivity index (χ3n) is 2.36. The summed E-state index contributed by atoms with van der Waals surface area (Å²) in [5.41, 5.74) is 0. The van der Waals surface area contributed by atoms with Gasteiger partial charge in [0.05, 0.1) is 0 Å². The van der Waals surface area contributed by atoms with Gasteiger partial charge in [-0.05, 0) is 6.42 Å². The van der Waals surface area contributed by atoms with E-state index in [-0.39, 0.29) is 0 Å². The highest BCUT2D eigenvalue weighted by atomic mass is 16.4. The molecular weight excluding hydrogens is 268 g/mol. The smallest absolute Gasteiger partial charge is 0.323 e. The number of aliphatic carboxylic acids is 2. The molecule has 9 nitrogen and oxygen atoms in total. The van der Waals surface area contributed by atoms with E-state index in [2.05, 4.69) is 15.3 Å². The number of H-pyrrole nitrogens is 1. The average molecular weight is 284 g/mol. The van der Waals surface area contributed by atoms with Crippen LogP contribution in [0, 0.1) is 0 Å². The van der Waals surface area contributed by atoms with E-state index in [1.165, 1.54) is 0 Å². The van der Waals surface area contributed by atoms with Crippen LogP contribution in [0.5, 0.6) is 0 Å². The number of hydrogen-bond donors (Lipinski definition) is 4. The molecule has 0 aliphatic heterocycles. The van der Waals surface area contributed by atoms with Gasteiger partial charge >= 0.3 is 18.0 Å². The van der Waals surface area contributed by atoms with Crippen LogP contribution < -0.4 is 5.32 Å². The molecular formula is C11H16N4O5. The van der Waals surface area contributed by atoms with Crippen molar-refractivity contribution in [1.82, 2.24) is 20.2 Å². The van der Waals surface area contributed by atoms with Gasteiger partial charge in [0.15, 0.2) is 0 Å². The van der Waals surface area contributed by atoms with Crippen molar-refractivity contribution < 1.29 is 24.6 Å². The van der Waals surface area contributed by atoms with E-state index in [1.807, 2.05) is 0 Å². The number of imidazole rings is 1. The van der Waals surface area contributed by atoms with Crippen LogP contribution in [0.25, 0.3) is 0 Å². The fourth-order valence-electron chi connectivity index (χ4n) is 1.52. The molecule has 0 saturated heterocycles. The minimum absolute atomic E-state index is 0.301. The molecule has 1 aromatic heterocycles. The quantitative estimate of drug-likeness (QED) is 0.476. The van der Waals surface area contributed by atoms with Crippen LogP contribution in [-0.2, 0) is 16.0 Å². The largest absolute Gasteiger partial charge is 0.480 e. The Labute approximate surface area is 114 Å². The Morgan fingerprint density at radius 2 is 1.90 bits per heavy atom. The highest BCUT2D eigenvalue weighted by Gasteiger charge is 2.18. The number of aryl methyl sites for hydroxylation is 1. The van der Waals surface area contributed by atoms with E-state index in [9.17, 15) is 14.4 Å². The zero-order valence-corrected chi connectivity index (χ0v) is 10.7. The first kappa shape index (κ1) is 15.5. The van der Waals surface area contributed by atoms with Gasteiger partial charge in [-0.15, -0.1) is 0 Å². The molecule has 0 atom stereocenters. The summed E-state index contributed by atoms with van der Waals surface area (Å²) in [6.45, 7) is -1.01. The van der Waals surface area contributed by atoms with E-state index in [4.69, 9.17) is 10.2 Å². The Morgan fingerprint density at radius 1 is 1.25 bits per heavy atom. The first-order valence-electron chi connectivity index (χ1n) is 5.93. The number of carboxylic acid groups (broad SMARTS) is 2. The highest BCUT2D eigenvalue weighted by molar-refractivity contribution is 5.84. The lowest BCUT2D eigenvalue weighted by Crippen LogP contribution is -2.45. The van der Waals surface area contributed by atoms with E-state index >= 15 is 0 Å². The third-order valence-corrected chi connectivity index (χ3v) is 2.36. The molecule has 2 amide bonds. The number of urea groups is 1. The zero-order valence-electron chi connectivity index (χ0n) is 10.7. The number of hydrogen-bond acceptors (Lipinski definition) is 4. The van der Waals surface area contributed by atoms with E-state index in [0.29, 0.717) is 19.4 Å². The summed E-state index contributed by atoms with van der Waals surface area (Å²) >= 11 is 0. The molecule has 0 unspecified atom stereocenters. The molecule has 1 heterocycles. The second kappa shape index (κ2) is 7.77. The summed E-state index contributed by atoms with van der Waals surface area (Å²) in [5.74, 6) is -1.75. The molecule has 1 rings (SSSR count). The van der Waals surface area contributed by atoms with E-state index in [0.717, 1.165) is 10.7 Å². The van der Waals surface area contributed by atoms with Gasteiger partial charge < -0.3 is 25.4 Å². The standard InChI is InChI=1S/C11H16N4O5/c16-9(17)6-15(7-10(18)19)11(20)14-3-1-2-8-12-4-5-13-8/h4-5H,1-3,6-7H2,(H,12,13)(H,14,20)(H,16,17)(H,18,19). The van der Waals surface area contributed by atoms with Crippen molar-refractivity contribution in [3.8, 4) is 0 Å². The topological polar surface area (TPSA) is 136 Å². The molecule has 4 N–H and O–H groups in total. The van der Waals surface area contributed by atoms with Gasteiger partial charge in [0, 0.05) is 25.4 Å². The van der Waals surface area contributed by atoms with Crippen molar-refractivity contribution >= 4 is 18.0 Å². The minimum Gasteiger partial charge on any atom is -0.480 e. The van der Waals surface area contributed by atoms with Crippen LogP contribution in [0.15, 0.2) is 12.4 Å². The Balaban J connectivity index is 2.33. The van der Waals surface area contributed by atoms with Gasteiger partial charge in [-0.3, -0.25) is 9.59 Å². The maximum absolute atomic E-state index is 11.6. The molecule has 110 valence electrons. The molecule has 0 radical (unpaired) electrons. The fraction of sp³-hybridized carbons (Fsp3) is 0.455. The molecule has 20 heavy (non-hydrogen) atoms. The molecule has 0 bridgehead atoms. The maximum Gasteiger partial charge on any atom is 0.323 e. The summed E-state index contributed by atoms with van der Waals surface area (Å²) in [5, 5.41) is 19.7. The van der Waals surface area contributed by atoms with Gasteiger partial charge in [0.25, 0.3) is 0 Å². The summed E-state index contributed by atoms with van der Waals surface area (Å²) in [4.78, 5) is 40.4. The van der Waals surface area contributed by atoms with Gasteiger partial charge in [-0.1, -0.05) is 0 Å². The number of carbonyl (C=O) groups is 3. The van der Waals surface area contributed by atoms with Crippen molar-refractivity contribution in [1.29, 1.82) is 0 Å². The molecule has 0 aliphatic carbocycles. The number of amides is 2. The predicted octanol–water partition coefficient (Wildman–Crippen LogP) is -0.477. The lowest BCUT2D eigenvalue weighted by molar-refractivity contribution is -0.140. The summed E-state index contributed by atoms with van der Waals surface area (Å²) < 4.78 is 0. The lowest BCUT2D eigenvalue weighted by Gasteiger charge is -2.18. The second-order valence-corrected chi connectivity index (χ2v) is 4.01. The molecule has 0 spiro atoms. The first-order valence-corrected chi connectivity index (χ1v) is 5.93. The number of nitrogens with zero attached hydrogens (tertiary/aromatic N) is 2. The molecule has 0 fully saturated rings. The van der Waals surface area contributed by atoms with Crippen molar-refractivity contribution in [3.63, 3.8) is 0 Å². The normalized spacial score (nSPS) is 10.0. The van der Waals surface area contributed by atoms with Crippen LogP contribution in [-0.4, -0.2) is 62.7 Å². The number of aromatic amines is 1. The number of nitrogens with one attached hydrogen (secondary N) is 2. The van der Waals surface area contributed by atoms with Crippen LogP contribution in [0.3, 0.4) is 0 Å². The van der Waals surface area contributed by atoms with Gasteiger partial charge in [-0.2, -0.15) is 0 Å². The molecule has 0 aromatic carbocycles. The lowest BCUT2D eigenvalue weighted by atomic mass is 10.3. The highest BCUT2D eigenvalue weighted by Crippen LogP contribution is 1.95. The van der Waals surface area contributed by atoms with E-state index < -0.39 is 31.1 Å². The van der Waals surface area contributed by atoms with Crippen LogP contribution in [0.2, 0.25) is 0 Å². The van der Waals surface area contributed by atoms with Crippen molar-refractivity contribution in [2.45, 2.75) is 12.8 Å². The molecule has 9 heteroatoms. The minimum atomic E-state index is -1.27. The Morgan fingerprint density at radius 3 is 2.40 bits per heavy atom. The summed E-state index contributed by atoms with van der Waals surface area (Å²) in [6.07, 6.45) is 4.54. The second-order valence-electron chi connectivity index (χ2n) is 4.01. The third kappa shape index (κ3) is 5.85. The average Bonchev–Trinajstić information content (AvgIpc) is 2.85. The van der Waals surface area contributed by atoms with Crippen LogP contribution in [0.4, 0.5) is 4.79 Å². The van der Waals surface area contributed by atoms with Gasteiger partial charge in [0.1, 0.15) is 18.9 Å². The van der Waals surface area contributed by atoms with Crippen molar-refractivity contribution in [2.24, 2.45) is 0 Å². The number of rotatable bonds is 8. The number of carbonyl (C=O) groups excluding carboxylic acids is 1. The first-order chi connectivity index (χ1) is 9.49. The molecule has 0 saturated carbocycles. The van der Waals surface area contributed by atoms with Crippen molar-refractivity contribution in [2.75, 3.05) is 19.6 Å². The Kier molecular flexibility index (Phi) is 6.01. The van der Waals surface area contributed by atoms with Crippen LogP contribution >= 0.6 is 0 Å². The monoisotopic (exact) mass is 284 g/mol. The molecule has 0 aliphatic rings. The summed E-state index contributed by atoms with van der Waals surface area (Å²) in [7, 11) is 0. The molecule has 1 aromatic rings. The van der Waals surface area contributed by atoms with Crippen LogP contribution in [0.1, 0.15) is 12.2 Å². The number of carboxylic acids is 2. The maximum atomic E-state index is 11.6. The van der Waals surface area contributed by atoms with Gasteiger partial charge in [-0.25, -0.2) is 9.78 Å². The predicted molar refractivity (Wildman–Crippen MR) is 67.2 cm³/mol. The van der Waals surface area contributed by atoms with Crippen molar-refractivity contribution in [3.05, 3.63) is 18.2 Å². The SMILES string of the molecule is O=C(O)CN(CC(=O)O)C(=O)NCCCc1ncc[nH]1. The fourth-order valence-corrected chi connectivity index (χ4v) is 1.52.